The second-order valence-corrected chi connectivity index (χ2v) is 4.11. The average molecular weight is 256 g/mol. The van der Waals surface area contributed by atoms with Crippen molar-refractivity contribution >= 4 is 18.2 Å². The molecule has 1 aromatic carbocycles. The molecule has 1 aliphatic rings. The monoisotopic (exact) mass is 255 g/mol. The van der Waals surface area contributed by atoms with Gasteiger partial charge in [0.1, 0.15) is 5.75 Å². The van der Waals surface area contributed by atoms with E-state index >= 15 is 0 Å². The number of Topliss-reactive ketones (excluding diaryl/α,β-unsaturated/α-hetero) is 1. The van der Waals surface area contributed by atoms with Crippen molar-refractivity contribution in [2.24, 2.45) is 5.92 Å². The molecule has 0 bridgehead atoms. The fraction of sp³-hybridized carbons (Fsp3) is 0.462. The topological polar surface area (TPSA) is 38.3 Å². The molecule has 0 aliphatic carbocycles. The van der Waals surface area contributed by atoms with E-state index in [1.807, 2.05) is 24.3 Å². The van der Waals surface area contributed by atoms with Gasteiger partial charge in [-0.15, -0.1) is 12.4 Å². The second-order valence-electron chi connectivity index (χ2n) is 4.11. The number of piperidine rings is 1. The van der Waals surface area contributed by atoms with Crippen LogP contribution in [0.2, 0.25) is 0 Å². The van der Waals surface area contributed by atoms with Crippen LogP contribution in [-0.4, -0.2) is 26.0 Å². The van der Waals surface area contributed by atoms with Gasteiger partial charge in [-0.25, -0.2) is 0 Å². The smallest absolute Gasteiger partial charge is 0.170 e. The molecule has 1 saturated heterocycles. The minimum Gasteiger partial charge on any atom is -0.496 e. The van der Waals surface area contributed by atoms with Gasteiger partial charge in [0, 0.05) is 12.5 Å². The maximum absolute atomic E-state index is 12.3. The van der Waals surface area contributed by atoms with Crippen LogP contribution in [0.3, 0.4) is 0 Å². The first kappa shape index (κ1) is 14.0. The summed E-state index contributed by atoms with van der Waals surface area (Å²) in [6.07, 6.45) is 2.05. The van der Waals surface area contributed by atoms with Crippen molar-refractivity contribution in [1.82, 2.24) is 5.32 Å². The Balaban J connectivity index is 0.00000144. The molecule has 0 radical (unpaired) electrons. The lowest BCUT2D eigenvalue weighted by Crippen LogP contribution is -2.34. The van der Waals surface area contributed by atoms with Crippen molar-refractivity contribution in [3.63, 3.8) is 0 Å². The number of ether oxygens (including phenoxy) is 1. The number of hydrogen-bond donors (Lipinski definition) is 1. The summed E-state index contributed by atoms with van der Waals surface area (Å²) < 4.78 is 5.22. The molecule has 3 nitrogen and oxygen atoms in total. The molecule has 1 atom stereocenters. The van der Waals surface area contributed by atoms with Gasteiger partial charge >= 0.3 is 0 Å². The van der Waals surface area contributed by atoms with Gasteiger partial charge in [0.2, 0.25) is 0 Å². The number of rotatable bonds is 3. The first-order valence-corrected chi connectivity index (χ1v) is 5.71. The summed E-state index contributed by atoms with van der Waals surface area (Å²) in [5, 5.41) is 3.26. The molecule has 1 fully saturated rings. The summed E-state index contributed by atoms with van der Waals surface area (Å²) in [5.41, 5.74) is 0.707. The van der Waals surface area contributed by atoms with E-state index in [1.165, 1.54) is 0 Å². The average Bonchev–Trinajstić information content (AvgIpc) is 2.39. The van der Waals surface area contributed by atoms with Gasteiger partial charge in [0.25, 0.3) is 0 Å². The lowest BCUT2D eigenvalue weighted by molar-refractivity contribution is 0.0896. The van der Waals surface area contributed by atoms with Crippen LogP contribution in [0, 0.1) is 5.92 Å². The highest BCUT2D eigenvalue weighted by Gasteiger charge is 2.24. The number of carbonyl (C=O) groups excluding carboxylic acids is 1. The van der Waals surface area contributed by atoms with Crippen LogP contribution in [-0.2, 0) is 0 Å². The van der Waals surface area contributed by atoms with E-state index in [2.05, 4.69) is 5.32 Å². The number of para-hydroxylation sites is 1. The van der Waals surface area contributed by atoms with E-state index in [4.69, 9.17) is 4.74 Å². The maximum Gasteiger partial charge on any atom is 0.170 e. The molecule has 0 saturated carbocycles. The van der Waals surface area contributed by atoms with Crippen molar-refractivity contribution in [2.45, 2.75) is 12.8 Å². The maximum atomic E-state index is 12.3. The van der Waals surface area contributed by atoms with Crippen molar-refractivity contribution in [3.8, 4) is 5.75 Å². The van der Waals surface area contributed by atoms with E-state index in [0.717, 1.165) is 25.9 Å². The van der Waals surface area contributed by atoms with Gasteiger partial charge < -0.3 is 10.1 Å². The Morgan fingerprint density at radius 1 is 1.41 bits per heavy atom. The number of halogens is 1. The van der Waals surface area contributed by atoms with Crippen LogP contribution in [0.15, 0.2) is 24.3 Å². The molecule has 1 unspecified atom stereocenters. The Bertz CT molecular complexity index is 375. The summed E-state index contributed by atoms with van der Waals surface area (Å²) in [6.45, 7) is 1.81. The number of methoxy groups -OCH3 is 1. The van der Waals surface area contributed by atoms with E-state index in [-0.39, 0.29) is 24.1 Å². The zero-order valence-electron chi connectivity index (χ0n) is 9.94. The largest absolute Gasteiger partial charge is 0.496 e. The molecule has 1 aliphatic heterocycles. The normalized spacial score (nSPS) is 19.2. The van der Waals surface area contributed by atoms with Gasteiger partial charge in [-0.05, 0) is 31.5 Å². The third-order valence-corrected chi connectivity index (χ3v) is 3.04. The zero-order chi connectivity index (χ0) is 11.4. The summed E-state index contributed by atoms with van der Waals surface area (Å²) in [6, 6.07) is 7.44. The number of nitrogens with one attached hydrogen (secondary N) is 1. The standard InChI is InChI=1S/C13H17NO2.ClH/c1-16-12-7-3-2-6-11(12)13(15)10-5-4-8-14-9-10;/h2-3,6-7,10,14H,4-5,8-9H2,1H3;1H. The van der Waals surface area contributed by atoms with E-state index in [0.29, 0.717) is 11.3 Å². The fourth-order valence-corrected chi connectivity index (χ4v) is 2.14. The minimum absolute atomic E-state index is 0. The zero-order valence-corrected chi connectivity index (χ0v) is 10.8. The van der Waals surface area contributed by atoms with Crippen LogP contribution >= 0.6 is 12.4 Å². The SMILES string of the molecule is COc1ccccc1C(=O)C1CCCNC1.Cl. The molecule has 1 N–H and O–H groups in total. The molecule has 17 heavy (non-hydrogen) atoms. The van der Waals surface area contributed by atoms with Crippen molar-refractivity contribution in [1.29, 1.82) is 0 Å². The molecule has 0 amide bonds. The molecule has 94 valence electrons. The van der Waals surface area contributed by atoms with Crippen LogP contribution in [0.1, 0.15) is 23.2 Å². The summed E-state index contributed by atoms with van der Waals surface area (Å²) in [4.78, 5) is 12.3. The predicted octanol–water partition coefficient (Wildman–Crippen LogP) is 2.30. The number of benzene rings is 1. The molecule has 0 spiro atoms. The van der Waals surface area contributed by atoms with Crippen LogP contribution in [0.4, 0.5) is 0 Å². The van der Waals surface area contributed by atoms with Crippen LogP contribution in [0.5, 0.6) is 5.75 Å². The summed E-state index contributed by atoms with van der Waals surface area (Å²) >= 11 is 0. The molecule has 2 rings (SSSR count). The number of hydrogen-bond acceptors (Lipinski definition) is 3. The Hall–Kier alpha value is -1.06. The van der Waals surface area contributed by atoms with E-state index in [9.17, 15) is 4.79 Å². The van der Waals surface area contributed by atoms with Gasteiger partial charge in [-0.3, -0.25) is 4.79 Å². The summed E-state index contributed by atoms with van der Waals surface area (Å²) in [7, 11) is 1.60. The molecular formula is C13H18ClNO2. The first-order valence-electron chi connectivity index (χ1n) is 5.71. The Morgan fingerprint density at radius 3 is 2.82 bits per heavy atom. The highest BCUT2D eigenvalue weighted by atomic mass is 35.5. The predicted molar refractivity (Wildman–Crippen MR) is 70.2 cm³/mol. The molecular weight excluding hydrogens is 238 g/mol. The third-order valence-electron chi connectivity index (χ3n) is 3.04. The van der Waals surface area contributed by atoms with Crippen molar-refractivity contribution in [2.75, 3.05) is 20.2 Å². The first-order chi connectivity index (χ1) is 7.83. The van der Waals surface area contributed by atoms with E-state index in [1.54, 1.807) is 7.11 Å². The van der Waals surface area contributed by atoms with Crippen molar-refractivity contribution < 1.29 is 9.53 Å². The van der Waals surface area contributed by atoms with Crippen LogP contribution in [0.25, 0.3) is 0 Å². The van der Waals surface area contributed by atoms with E-state index < -0.39 is 0 Å². The number of ketones is 1. The lowest BCUT2D eigenvalue weighted by Gasteiger charge is -2.22. The molecule has 4 heteroatoms. The van der Waals surface area contributed by atoms with Gasteiger partial charge in [-0.2, -0.15) is 0 Å². The molecule has 0 aromatic heterocycles. The lowest BCUT2D eigenvalue weighted by atomic mass is 9.90. The second kappa shape index (κ2) is 6.62. The Labute approximate surface area is 108 Å². The summed E-state index contributed by atoms with van der Waals surface area (Å²) in [5.74, 6) is 0.979. The third kappa shape index (κ3) is 3.20. The highest BCUT2D eigenvalue weighted by Crippen LogP contribution is 2.23. The molecule has 1 aromatic rings. The van der Waals surface area contributed by atoms with Crippen molar-refractivity contribution in [3.05, 3.63) is 29.8 Å². The Kier molecular flexibility index (Phi) is 5.45. The molecule has 1 heterocycles. The van der Waals surface area contributed by atoms with Crippen LogP contribution < -0.4 is 10.1 Å². The van der Waals surface area contributed by atoms with Gasteiger partial charge in [-0.1, -0.05) is 12.1 Å². The van der Waals surface area contributed by atoms with Gasteiger partial charge in [0.05, 0.1) is 12.7 Å². The quantitative estimate of drug-likeness (QED) is 0.843. The fourth-order valence-electron chi connectivity index (χ4n) is 2.14. The highest BCUT2D eigenvalue weighted by molar-refractivity contribution is 6.00. The van der Waals surface area contributed by atoms with Gasteiger partial charge in [0.15, 0.2) is 5.78 Å². The minimum atomic E-state index is 0. The Morgan fingerprint density at radius 2 is 2.18 bits per heavy atom. The number of carbonyl (C=O) groups is 1.